The lowest BCUT2D eigenvalue weighted by molar-refractivity contribution is 0.214. The fourth-order valence-corrected chi connectivity index (χ4v) is 2.19. The summed E-state index contributed by atoms with van der Waals surface area (Å²) >= 11 is 3.41. The SMILES string of the molecule is N#CC1(Cc2ccc(Br)cc2)CCC1. The van der Waals surface area contributed by atoms with Gasteiger partial charge in [-0.25, -0.2) is 0 Å². The van der Waals surface area contributed by atoms with Gasteiger partial charge >= 0.3 is 0 Å². The van der Waals surface area contributed by atoms with Crippen LogP contribution in [0.3, 0.4) is 0 Å². The van der Waals surface area contributed by atoms with Gasteiger partial charge in [-0.3, -0.25) is 0 Å². The summed E-state index contributed by atoms with van der Waals surface area (Å²) < 4.78 is 1.10. The maximum atomic E-state index is 9.09. The van der Waals surface area contributed by atoms with E-state index in [1.807, 2.05) is 12.1 Å². The smallest absolute Gasteiger partial charge is 0.0693 e. The molecule has 0 radical (unpaired) electrons. The summed E-state index contributed by atoms with van der Waals surface area (Å²) in [6.45, 7) is 0. The van der Waals surface area contributed by atoms with Gasteiger partial charge in [0.05, 0.1) is 11.5 Å². The monoisotopic (exact) mass is 249 g/mol. The van der Waals surface area contributed by atoms with Crippen molar-refractivity contribution in [2.75, 3.05) is 0 Å². The molecule has 0 saturated heterocycles. The van der Waals surface area contributed by atoms with Crippen molar-refractivity contribution in [2.24, 2.45) is 5.41 Å². The van der Waals surface area contributed by atoms with Gasteiger partial charge in [0.15, 0.2) is 0 Å². The second-order valence-electron chi connectivity index (χ2n) is 4.05. The Morgan fingerprint density at radius 3 is 2.36 bits per heavy atom. The second-order valence-corrected chi connectivity index (χ2v) is 4.96. The van der Waals surface area contributed by atoms with Crippen LogP contribution in [-0.4, -0.2) is 0 Å². The third-order valence-electron chi connectivity index (χ3n) is 3.00. The Hall–Kier alpha value is -0.810. The van der Waals surface area contributed by atoms with Crippen LogP contribution < -0.4 is 0 Å². The molecule has 1 aromatic rings. The van der Waals surface area contributed by atoms with Gasteiger partial charge < -0.3 is 0 Å². The number of nitrogens with zero attached hydrogens (tertiary/aromatic N) is 1. The van der Waals surface area contributed by atoms with Crippen molar-refractivity contribution in [1.82, 2.24) is 0 Å². The van der Waals surface area contributed by atoms with E-state index in [2.05, 4.69) is 34.1 Å². The first-order chi connectivity index (χ1) is 6.74. The summed E-state index contributed by atoms with van der Waals surface area (Å²) in [6.07, 6.45) is 4.26. The van der Waals surface area contributed by atoms with Gasteiger partial charge in [-0.2, -0.15) is 5.26 Å². The molecule has 1 aliphatic rings. The number of benzene rings is 1. The maximum Gasteiger partial charge on any atom is 0.0693 e. The molecule has 1 saturated carbocycles. The average molecular weight is 250 g/mol. The lowest BCUT2D eigenvalue weighted by Gasteiger charge is -2.35. The predicted octanol–water partition coefficient (Wildman–Crippen LogP) is 3.69. The van der Waals surface area contributed by atoms with Crippen LogP contribution in [0.15, 0.2) is 28.7 Å². The van der Waals surface area contributed by atoms with E-state index in [1.54, 1.807) is 0 Å². The minimum Gasteiger partial charge on any atom is -0.198 e. The molecule has 1 nitrogen and oxygen atoms in total. The first-order valence-electron chi connectivity index (χ1n) is 4.90. The molecule has 0 spiro atoms. The Bertz CT molecular complexity index is 357. The highest BCUT2D eigenvalue weighted by molar-refractivity contribution is 9.10. The van der Waals surface area contributed by atoms with Crippen LogP contribution in [0.25, 0.3) is 0 Å². The van der Waals surface area contributed by atoms with Crippen LogP contribution in [0.2, 0.25) is 0 Å². The Labute approximate surface area is 92.9 Å². The van der Waals surface area contributed by atoms with Crippen molar-refractivity contribution in [2.45, 2.75) is 25.7 Å². The van der Waals surface area contributed by atoms with Gasteiger partial charge in [0.25, 0.3) is 0 Å². The van der Waals surface area contributed by atoms with Crippen LogP contribution in [0.5, 0.6) is 0 Å². The van der Waals surface area contributed by atoms with E-state index >= 15 is 0 Å². The lowest BCUT2D eigenvalue weighted by atomic mass is 9.66. The van der Waals surface area contributed by atoms with Crippen LogP contribution in [0, 0.1) is 16.7 Å². The maximum absolute atomic E-state index is 9.09. The lowest BCUT2D eigenvalue weighted by Crippen LogP contribution is -2.29. The molecule has 0 heterocycles. The van der Waals surface area contributed by atoms with Crippen molar-refractivity contribution in [1.29, 1.82) is 5.26 Å². The number of hydrogen-bond acceptors (Lipinski definition) is 1. The van der Waals surface area contributed by atoms with Crippen LogP contribution in [0.4, 0.5) is 0 Å². The fraction of sp³-hybridized carbons (Fsp3) is 0.417. The van der Waals surface area contributed by atoms with Gasteiger partial charge in [-0.15, -0.1) is 0 Å². The molecule has 72 valence electrons. The van der Waals surface area contributed by atoms with Crippen molar-refractivity contribution in [3.8, 4) is 6.07 Å². The molecule has 0 aromatic heterocycles. The Balaban J connectivity index is 2.11. The van der Waals surface area contributed by atoms with Crippen LogP contribution in [0.1, 0.15) is 24.8 Å². The summed E-state index contributed by atoms with van der Waals surface area (Å²) in [6, 6.07) is 10.7. The number of hydrogen-bond donors (Lipinski definition) is 0. The van der Waals surface area contributed by atoms with E-state index < -0.39 is 0 Å². The van der Waals surface area contributed by atoms with Gasteiger partial charge in [0.2, 0.25) is 0 Å². The molecule has 0 amide bonds. The zero-order valence-electron chi connectivity index (χ0n) is 7.96. The van der Waals surface area contributed by atoms with Crippen molar-refractivity contribution in [3.05, 3.63) is 34.3 Å². The van der Waals surface area contributed by atoms with Crippen LogP contribution >= 0.6 is 15.9 Å². The molecule has 0 N–H and O–H groups in total. The van der Waals surface area contributed by atoms with E-state index in [4.69, 9.17) is 5.26 Å². The van der Waals surface area contributed by atoms with E-state index in [-0.39, 0.29) is 5.41 Å². The highest BCUT2D eigenvalue weighted by Crippen LogP contribution is 2.42. The van der Waals surface area contributed by atoms with Crippen LogP contribution in [-0.2, 0) is 6.42 Å². The van der Waals surface area contributed by atoms with E-state index in [0.29, 0.717) is 0 Å². The first-order valence-corrected chi connectivity index (χ1v) is 5.69. The molecule has 2 rings (SSSR count). The van der Waals surface area contributed by atoms with E-state index in [1.165, 1.54) is 12.0 Å². The number of rotatable bonds is 2. The molecule has 14 heavy (non-hydrogen) atoms. The molecule has 0 atom stereocenters. The predicted molar refractivity (Wildman–Crippen MR) is 59.7 cm³/mol. The summed E-state index contributed by atoms with van der Waals surface area (Å²) in [4.78, 5) is 0. The normalized spacial score (nSPS) is 18.3. The molecule has 1 fully saturated rings. The Morgan fingerprint density at radius 1 is 1.29 bits per heavy atom. The molecule has 2 heteroatoms. The molecule has 0 unspecified atom stereocenters. The number of halogens is 1. The van der Waals surface area contributed by atoms with Gasteiger partial charge in [-0.1, -0.05) is 34.5 Å². The molecule has 1 aliphatic carbocycles. The van der Waals surface area contributed by atoms with Gasteiger partial charge in [-0.05, 0) is 37.0 Å². The first kappa shape index (κ1) is 9.73. The zero-order chi connectivity index (χ0) is 10.0. The molecular weight excluding hydrogens is 238 g/mol. The van der Waals surface area contributed by atoms with Crippen molar-refractivity contribution < 1.29 is 0 Å². The van der Waals surface area contributed by atoms with Crippen molar-refractivity contribution in [3.63, 3.8) is 0 Å². The topological polar surface area (TPSA) is 23.8 Å². The van der Waals surface area contributed by atoms with Gasteiger partial charge in [0, 0.05) is 4.47 Å². The zero-order valence-corrected chi connectivity index (χ0v) is 9.55. The quantitative estimate of drug-likeness (QED) is 0.785. The van der Waals surface area contributed by atoms with E-state index in [0.717, 1.165) is 23.7 Å². The van der Waals surface area contributed by atoms with Gasteiger partial charge in [0.1, 0.15) is 0 Å². The van der Waals surface area contributed by atoms with Crippen molar-refractivity contribution >= 4 is 15.9 Å². The molecule has 0 bridgehead atoms. The number of nitriles is 1. The highest BCUT2D eigenvalue weighted by Gasteiger charge is 2.36. The fourth-order valence-electron chi connectivity index (χ4n) is 1.92. The molecular formula is C12H12BrN. The third kappa shape index (κ3) is 1.83. The standard InChI is InChI=1S/C12H12BrN/c13-11-4-2-10(3-5-11)8-12(9-14)6-1-7-12/h2-5H,1,6-8H2. The Morgan fingerprint density at radius 2 is 1.93 bits per heavy atom. The summed E-state index contributed by atoms with van der Waals surface area (Å²) in [5.41, 5.74) is 1.22. The van der Waals surface area contributed by atoms with E-state index in [9.17, 15) is 0 Å². The highest BCUT2D eigenvalue weighted by atomic mass is 79.9. The molecule has 1 aromatic carbocycles. The average Bonchev–Trinajstić information content (AvgIpc) is 2.15. The minimum absolute atomic E-state index is 0.0478. The third-order valence-corrected chi connectivity index (χ3v) is 3.53. The minimum atomic E-state index is -0.0478. The summed E-state index contributed by atoms with van der Waals surface area (Å²) in [5, 5.41) is 9.09. The molecule has 0 aliphatic heterocycles. The Kier molecular flexibility index (Phi) is 2.60. The largest absolute Gasteiger partial charge is 0.198 e. The summed E-state index contributed by atoms with van der Waals surface area (Å²) in [7, 11) is 0. The second kappa shape index (κ2) is 3.74. The summed E-state index contributed by atoms with van der Waals surface area (Å²) in [5.74, 6) is 0.